The summed E-state index contributed by atoms with van der Waals surface area (Å²) in [4.78, 5) is 0. The summed E-state index contributed by atoms with van der Waals surface area (Å²) in [5.41, 5.74) is 0. The Labute approximate surface area is 118 Å². The van der Waals surface area contributed by atoms with E-state index in [0.717, 1.165) is 0 Å². The number of rotatable bonds is 12. The molecule has 0 spiro atoms. The number of halogens is 1. The number of nitrogens with zero attached hydrogens (tertiary/aromatic N) is 1. The molecule has 17 heavy (non-hydrogen) atoms. The van der Waals surface area contributed by atoms with E-state index >= 15 is 0 Å². The molecular formula is C15H33BrN+. The lowest BCUT2D eigenvalue weighted by molar-refractivity contribution is -0.928. The smallest absolute Gasteiger partial charge is 0.0786 e. The van der Waals surface area contributed by atoms with Crippen LogP contribution in [0.2, 0.25) is 0 Å². The molecular weight excluding hydrogens is 274 g/mol. The third-order valence-corrected chi connectivity index (χ3v) is 4.17. The fourth-order valence-electron chi connectivity index (χ4n) is 2.99. The van der Waals surface area contributed by atoms with E-state index in [2.05, 4.69) is 36.7 Å². The van der Waals surface area contributed by atoms with Gasteiger partial charge in [-0.25, -0.2) is 0 Å². The minimum atomic E-state index is 1.17. The van der Waals surface area contributed by atoms with Crippen LogP contribution in [0.25, 0.3) is 0 Å². The first-order valence-corrected chi connectivity index (χ1v) is 8.77. The maximum atomic E-state index is 3.51. The van der Waals surface area contributed by atoms with E-state index in [1.807, 2.05) is 0 Å². The van der Waals surface area contributed by atoms with E-state index in [0.29, 0.717) is 0 Å². The van der Waals surface area contributed by atoms with Crippen LogP contribution in [-0.4, -0.2) is 36.0 Å². The largest absolute Gasteiger partial charge is 0.324 e. The first-order chi connectivity index (χ1) is 8.24. The second-order valence-electron chi connectivity index (χ2n) is 5.34. The van der Waals surface area contributed by atoms with E-state index in [4.69, 9.17) is 0 Å². The number of unbranched alkanes of at least 4 members (excludes halogenated alkanes) is 3. The van der Waals surface area contributed by atoms with Crippen molar-refractivity contribution in [3.8, 4) is 0 Å². The third-order valence-electron chi connectivity index (χ3n) is 3.61. The molecule has 0 heterocycles. The van der Waals surface area contributed by atoms with Crippen LogP contribution >= 0.6 is 15.9 Å². The van der Waals surface area contributed by atoms with Gasteiger partial charge in [-0.1, -0.05) is 43.1 Å². The van der Waals surface area contributed by atoms with Crippen molar-refractivity contribution >= 4 is 15.9 Å². The van der Waals surface area contributed by atoms with E-state index in [1.165, 1.54) is 80.9 Å². The molecule has 0 fully saturated rings. The zero-order chi connectivity index (χ0) is 13.0. The number of quaternary nitrogens is 1. The van der Waals surface area contributed by atoms with Gasteiger partial charge in [-0.15, -0.1) is 0 Å². The van der Waals surface area contributed by atoms with Crippen molar-refractivity contribution in [1.82, 2.24) is 0 Å². The minimum absolute atomic E-state index is 1.17. The summed E-state index contributed by atoms with van der Waals surface area (Å²) < 4.78 is 1.39. The van der Waals surface area contributed by atoms with Crippen LogP contribution in [0.3, 0.4) is 0 Å². The molecule has 0 radical (unpaired) electrons. The normalized spacial score (nSPS) is 12.0. The molecule has 0 atom stereocenters. The Hall–Kier alpha value is 0.440. The van der Waals surface area contributed by atoms with Gasteiger partial charge in [-0.05, 0) is 38.5 Å². The molecule has 0 N–H and O–H groups in total. The van der Waals surface area contributed by atoms with Crippen LogP contribution in [0.1, 0.15) is 65.7 Å². The van der Waals surface area contributed by atoms with Crippen molar-refractivity contribution < 1.29 is 4.48 Å². The molecule has 0 rings (SSSR count). The molecule has 0 aliphatic rings. The summed E-state index contributed by atoms with van der Waals surface area (Å²) in [6, 6.07) is 0. The Balaban J connectivity index is 4.05. The standard InChI is InChI=1S/C15H33BrN/c1-4-12-17(13-5-2,14-6-3)15-10-8-7-9-11-16/h4-15H2,1-3H3/q+1. The van der Waals surface area contributed by atoms with Crippen molar-refractivity contribution in [3.63, 3.8) is 0 Å². The van der Waals surface area contributed by atoms with Gasteiger partial charge in [0.25, 0.3) is 0 Å². The summed E-state index contributed by atoms with van der Waals surface area (Å²) in [6.07, 6.45) is 9.59. The van der Waals surface area contributed by atoms with Gasteiger partial charge >= 0.3 is 0 Å². The lowest BCUT2D eigenvalue weighted by Crippen LogP contribution is -2.50. The fraction of sp³-hybridized carbons (Fsp3) is 1.00. The van der Waals surface area contributed by atoms with Crippen molar-refractivity contribution in [1.29, 1.82) is 0 Å². The summed E-state index contributed by atoms with van der Waals surface area (Å²) >= 11 is 3.51. The van der Waals surface area contributed by atoms with Crippen molar-refractivity contribution in [2.75, 3.05) is 31.5 Å². The Kier molecular flexibility index (Phi) is 11.8. The Morgan fingerprint density at radius 3 is 1.53 bits per heavy atom. The highest BCUT2D eigenvalue weighted by Crippen LogP contribution is 2.15. The lowest BCUT2D eigenvalue weighted by atomic mass is 10.1. The molecule has 2 heteroatoms. The summed E-state index contributed by atoms with van der Waals surface area (Å²) in [5.74, 6) is 0. The van der Waals surface area contributed by atoms with Gasteiger partial charge in [-0.3, -0.25) is 0 Å². The fourth-order valence-corrected chi connectivity index (χ4v) is 3.39. The van der Waals surface area contributed by atoms with Crippen LogP contribution in [0.5, 0.6) is 0 Å². The molecule has 0 aliphatic carbocycles. The van der Waals surface area contributed by atoms with Crippen LogP contribution in [0.15, 0.2) is 0 Å². The Morgan fingerprint density at radius 2 is 1.12 bits per heavy atom. The zero-order valence-corrected chi connectivity index (χ0v) is 13.9. The Morgan fingerprint density at radius 1 is 0.647 bits per heavy atom. The maximum Gasteiger partial charge on any atom is 0.0786 e. The molecule has 0 aliphatic heterocycles. The topological polar surface area (TPSA) is 0 Å². The van der Waals surface area contributed by atoms with Gasteiger partial charge in [0.1, 0.15) is 0 Å². The first kappa shape index (κ1) is 17.4. The average Bonchev–Trinajstić information content (AvgIpc) is 2.30. The van der Waals surface area contributed by atoms with Crippen molar-refractivity contribution in [2.24, 2.45) is 0 Å². The van der Waals surface area contributed by atoms with E-state index in [9.17, 15) is 0 Å². The van der Waals surface area contributed by atoms with Crippen LogP contribution in [-0.2, 0) is 0 Å². The van der Waals surface area contributed by atoms with E-state index < -0.39 is 0 Å². The maximum absolute atomic E-state index is 3.51. The molecule has 0 aromatic heterocycles. The highest BCUT2D eigenvalue weighted by Gasteiger charge is 2.23. The van der Waals surface area contributed by atoms with Gasteiger partial charge < -0.3 is 4.48 Å². The van der Waals surface area contributed by atoms with E-state index in [1.54, 1.807) is 0 Å². The minimum Gasteiger partial charge on any atom is -0.324 e. The summed E-state index contributed by atoms with van der Waals surface area (Å²) in [5, 5.41) is 1.17. The summed E-state index contributed by atoms with van der Waals surface area (Å²) in [7, 11) is 0. The first-order valence-electron chi connectivity index (χ1n) is 7.65. The van der Waals surface area contributed by atoms with Gasteiger partial charge in [0.2, 0.25) is 0 Å². The molecule has 104 valence electrons. The molecule has 1 nitrogen and oxygen atoms in total. The second kappa shape index (κ2) is 11.5. The summed E-state index contributed by atoms with van der Waals surface area (Å²) in [6.45, 7) is 12.6. The lowest BCUT2D eigenvalue weighted by Gasteiger charge is -2.38. The van der Waals surface area contributed by atoms with Crippen molar-refractivity contribution in [3.05, 3.63) is 0 Å². The van der Waals surface area contributed by atoms with Gasteiger partial charge in [-0.2, -0.15) is 0 Å². The van der Waals surface area contributed by atoms with Crippen LogP contribution < -0.4 is 0 Å². The number of hydrogen-bond acceptors (Lipinski definition) is 0. The molecule has 0 aromatic carbocycles. The number of hydrogen-bond donors (Lipinski definition) is 0. The average molecular weight is 307 g/mol. The molecule has 0 unspecified atom stereocenters. The van der Waals surface area contributed by atoms with Crippen LogP contribution in [0, 0.1) is 0 Å². The van der Waals surface area contributed by atoms with Crippen molar-refractivity contribution in [2.45, 2.75) is 65.7 Å². The quantitative estimate of drug-likeness (QED) is 0.271. The highest BCUT2D eigenvalue weighted by atomic mass is 79.9. The third kappa shape index (κ3) is 8.20. The van der Waals surface area contributed by atoms with Gasteiger partial charge in [0.05, 0.1) is 26.2 Å². The van der Waals surface area contributed by atoms with Gasteiger partial charge in [0.15, 0.2) is 0 Å². The predicted molar refractivity (Wildman–Crippen MR) is 82.9 cm³/mol. The Bertz CT molecular complexity index is 142. The second-order valence-corrected chi connectivity index (χ2v) is 6.13. The molecule has 0 aromatic rings. The highest BCUT2D eigenvalue weighted by molar-refractivity contribution is 9.09. The van der Waals surface area contributed by atoms with Crippen LogP contribution in [0.4, 0.5) is 0 Å². The van der Waals surface area contributed by atoms with Gasteiger partial charge in [0, 0.05) is 5.33 Å². The predicted octanol–water partition coefficient (Wildman–Crippen LogP) is 4.99. The molecule has 0 bridgehead atoms. The molecule has 0 saturated heterocycles. The number of alkyl halides is 1. The zero-order valence-electron chi connectivity index (χ0n) is 12.3. The SMILES string of the molecule is CCC[N+](CCC)(CCC)CCCCCCBr. The monoisotopic (exact) mass is 306 g/mol. The molecule has 0 amide bonds. The molecule has 0 saturated carbocycles. The van der Waals surface area contributed by atoms with E-state index in [-0.39, 0.29) is 0 Å².